The number of hydrogen-bond donors (Lipinski definition) is 0. The molecule has 4 heteroatoms. The van der Waals surface area contributed by atoms with Crippen molar-refractivity contribution in [3.63, 3.8) is 0 Å². The van der Waals surface area contributed by atoms with Crippen LogP contribution in [0.1, 0.15) is 32.6 Å². The van der Waals surface area contributed by atoms with Gasteiger partial charge in [0.15, 0.2) is 5.78 Å². The quantitative estimate of drug-likeness (QED) is 0.746. The predicted octanol–water partition coefficient (Wildman–Crippen LogP) is 4.75. The van der Waals surface area contributed by atoms with E-state index in [0.29, 0.717) is 22.4 Å². The lowest BCUT2D eigenvalue weighted by Gasteiger charge is -2.16. The van der Waals surface area contributed by atoms with Crippen molar-refractivity contribution in [3.8, 4) is 5.75 Å². The number of halogens is 2. The average Bonchev–Trinajstić information content (AvgIpc) is 2.41. The van der Waals surface area contributed by atoms with Gasteiger partial charge in [-0.2, -0.15) is 0 Å². The number of ether oxygens (including phenoxy) is 1. The third-order valence-electron chi connectivity index (χ3n) is 3.53. The van der Waals surface area contributed by atoms with Crippen LogP contribution in [0.4, 0.5) is 4.39 Å². The molecule has 2 rings (SSSR count). The van der Waals surface area contributed by atoms with E-state index in [-0.39, 0.29) is 11.6 Å². The van der Waals surface area contributed by atoms with Crippen molar-refractivity contribution >= 4 is 21.7 Å². The summed E-state index contributed by atoms with van der Waals surface area (Å²) in [6, 6.07) is 6.09. The summed E-state index contributed by atoms with van der Waals surface area (Å²) in [6.45, 7) is 5.47. The molecule has 0 radical (unpaired) electrons. The highest BCUT2D eigenvalue weighted by Gasteiger charge is 2.22. The van der Waals surface area contributed by atoms with E-state index >= 15 is 0 Å². The Kier molecular flexibility index (Phi) is 4.47. The predicted molar refractivity (Wildman–Crippen MR) is 84.7 cm³/mol. The van der Waals surface area contributed by atoms with E-state index in [2.05, 4.69) is 15.9 Å². The van der Waals surface area contributed by atoms with Crippen LogP contribution in [0.15, 0.2) is 28.7 Å². The molecule has 0 bridgehead atoms. The molecule has 0 saturated heterocycles. The minimum absolute atomic E-state index is 0.161. The van der Waals surface area contributed by atoms with Crippen LogP contribution in [0.25, 0.3) is 0 Å². The molecule has 0 saturated carbocycles. The molecule has 2 nitrogen and oxygen atoms in total. The van der Waals surface area contributed by atoms with Gasteiger partial charge in [0.05, 0.1) is 12.7 Å². The number of rotatable bonds is 3. The third-order valence-corrected chi connectivity index (χ3v) is 4.35. The summed E-state index contributed by atoms with van der Waals surface area (Å²) < 4.78 is 19.5. The highest BCUT2D eigenvalue weighted by Crippen LogP contribution is 2.34. The van der Waals surface area contributed by atoms with Crippen LogP contribution in [0.5, 0.6) is 5.75 Å². The highest BCUT2D eigenvalue weighted by atomic mass is 79.9. The number of aryl methyl sites for hydroxylation is 2. The molecule has 2 aromatic rings. The molecule has 0 aliphatic carbocycles. The largest absolute Gasteiger partial charge is 0.496 e. The molecule has 110 valence electrons. The molecule has 0 amide bonds. The Balaban J connectivity index is 2.68. The molecule has 0 fully saturated rings. The topological polar surface area (TPSA) is 26.3 Å². The van der Waals surface area contributed by atoms with Crippen LogP contribution >= 0.6 is 15.9 Å². The molecule has 0 heterocycles. The fourth-order valence-electron chi connectivity index (χ4n) is 2.40. The first-order valence-electron chi connectivity index (χ1n) is 6.51. The van der Waals surface area contributed by atoms with E-state index in [1.54, 1.807) is 14.0 Å². The van der Waals surface area contributed by atoms with Crippen molar-refractivity contribution in [1.29, 1.82) is 0 Å². The minimum atomic E-state index is -0.349. The molecule has 0 aliphatic rings. The summed E-state index contributed by atoms with van der Waals surface area (Å²) in [5.41, 5.74) is 3.29. The van der Waals surface area contributed by atoms with Gasteiger partial charge in [0.1, 0.15) is 11.6 Å². The lowest BCUT2D eigenvalue weighted by Crippen LogP contribution is -2.10. The summed E-state index contributed by atoms with van der Waals surface area (Å²) >= 11 is 3.46. The van der Waals surface area contributed by atoms with Crippen molar-refractivity contribution < 1.29 is 13.9 Å². The van der Waals surface area contributed by atoms with Gasteiger partial charge >= 0.3 is 0 Å². The van der Waals surface area contributed by atoms with Crippen molar-refractivity contribution in [2.24, 2.45) is 0 Å². The average molecular weight is 351 g/mol. The first-order valence-corrected chi connectivity index (χ1v) is 7.30. The molecule has 21 heavy (non-hydrogen) atoms. The number of carbonyl (C=O) groups is 1. The maximum absolute atomic E-state index is 13.2. The second kappa shape index (κ2) is 5.98. The zero-order valence-electron chi connectivity index (χ0n) is 12.4. The molecule has 0 unspecified atom stereocenters. The third kappa shape index (κ3) is 2.86. The van der Waals surface area contributed by atoms with Crippen molar-refractivity contribution in [2.45, 2.75) is 20.8 Å². The van der Waals surface area contributed by atoms with E-state index < -0.39 is 0 Å². The van der Waals surface area contributed by atoms with Crippen LogP contribution in [-0.2, 0) is 0 Å². The summed E-state index contributed by atoms with van der Waals surface area (Å²) in [7, 11) is 1.55. The molecular formula is C17H16BrFO2. The van der Waals surface area contributed by atoms with Gasteiger partial charge < -0.3 is 4.74 Å². The van der Waals surface area contributed by atoms with E-state index in [9.17, 15) is 9.18 Å². The summed E-state index contributed by atoms with van der Waals surface area (Å²) in [4.78, 5) is 12.9. The SMILES string of the molecule is COc1c(C)cc(Br)c(C)c1C(=O)c1ccc(F)cc1C. The summed E-state index contributed by atoms with van der Waals surface area (Å²) in [5, 5.41) is 0. The normalized spacial score (nSPS) is 10.6. The van der Waals surface area contributed by atoms with E-state index in [0.717, 1.165) is 15.6 Å². The Labute approximate surface area is 132 Å². The molecule has 0 N–H and O–H groups in total. The number of hydrogen-bond acceptors (Lipinski definition) is 2. The molecule has 0 aliphatic heterocycles. The van der Waals surface area contributed by atoms with Crippen molar-refractivity contribution in [1.82, 2.24) is 0 Å². The van der Waals surface area contributed by atoms with E-state index in [1.807, 2.05) is 19.9 Å². The maximum atomic E-state index is 13.2. The number of ketones is 1. The second-order valence-corrected chi connectivity index (χ2v) is 5.85. The van der Waals surface area contributed by atoms with Gasteiger partial charge in [0.2, 0.25) is 0 Å². The Morgan fingerprint density at radius 2 is 1.81 bits per heavy atom. The molecule has 2 aromatic carbocycles. The number of carbonyl (C=O) groups excluding carboxylic acids is 1. The van der Waals surface area contributed by atoms with Gasteiger partial charge in [-0.15, -0.1) is 0 Å². The number of benzene rings is 2. The van der Waals surface area contributed by atoms with Gasteiger partial charge in [-0.25, -0.2) is 4.39 Å². The first kappa shape index (κ1) is 15.7. The molecule has 0 aromatic heterocycles. The zero-order chi connectivity index (χ0) is 15.7. The van der Waals surface area contributed by atoms with Crippen LogP contribution in [0.3, 0.4) is 0 Å². The zero-order valence-corrected chi connectivity index (χ0v) is 14.0. The molecule has 0 atom stereocenters. The summed E-state index contributed by atoms with van der Waals surface area (Å²) in [5.74, 6) is 0.0498. The van der Waals surface area contributed by atoms with Crippen LogP contribution < -0.4 is 4.74 Å². The van der Waals surface area contributed by atoms with Gasteiger partial charge in [-0.1, -0.05) is 15.9 Å². The van der Waals surface area contributed by atoms with Crippen LogP contribution in [0, 0.1) is 26.6 Å². The second-order valence-electron chi connectivity index (χ2n) is 5.00. The lowest BCUT2D eigenvalue weighted by molar-refractivity contribution is 0.103. The minimum Gasteiger partial charge on any atom is -0.496 e. The number of methoxy groups -OCH3 is 1. The monoisotopic (exact) mass is 350 g/mol. The highest BCUT2D eigenvalue weighted by molar-refractivity contribution is 9.10. The van der Waals surface area contributed by atoms with E-state index in [1.165, 1.54) is 18.2 Å². The Hall–Kier alpha value is -1.68. The maximum Gasteiger partial charge on any atom is 0.197 e. The van der Waals surface area contributed by atoms with Gasteiger partial charge in [-0.05, 0) is 61.7 Å². The fraction of sp³-hybridized carbons (Fsp3) is 0.235. The Morgan fingerprint density at radius 3 is 2.38 bits per heavy atom. The van der Waals surface area contributed by atoms with E-state index in [4.69, 9.17) is 4.74 Å². The van der Waals surface area contributed by atoms with Gasteiger partial charge in [0.25, 0.3) is 0 Å². The summed E-state index contributed by atoms with van der Waals surface area (Å²) in [6.07, 6.45) is 0. The lowest BCUT2D eigenvalue weighted by atomic mass is 9.93. The fourth-order valence-corrected chi connectivity index (χ4v) is 2.95. The van der Waals surface area contributed by atoms with Crippen LogP contribution in [-0.4, -0.2) is 12.9 Å². The molecular weight excluding hydrogens is 335 g/mol. The standard InChI is InChI=1S/C17H16BrFO2/c1-9-7-12(19)5-6-13(9)16(20)15-11(3)14(18)8-10(2)17(15)21-4/h5-8H,1-4H3. The Bertz CT molecular complexity index is 723. The Morgan fingerprint density at radius 1 is 1.14 bits per heavy atom. The van der Waals surface area contributed by atoms with Crippen LogP contribution in [0.2, 0.25) is 0 Å². The van der Waals surface area contributed by atoms with Crippen molar-refractivity contribution in [2.75, 3.05) is 7.11 Å². The van der Waals surface area contributed by atoms with Gasteiger partial charge in [-0.3, -0.25) is 4.79 Å². The molecule has 0 spiro atoms. The first-order chi connectivity index (χ1) is 9.86. The van der Waals surface area contributed by atoms with Crippen molar-refractivity contribution in [3.05, 3.63) is 62.4 Å². The smallest absolute Gasteiger partial charge is 0.197 e. The van der Waals surface area contributed by atoms with Gasteiger partial charge in [0, 0.05) is 10.0 Å².